The van der Waals surface area contributed by atoms with E-state index in [-0.39, 0.29) is 35.8 Å². The Morgan fingerprint density at radius 3 is 2.36 bits per heavy atom. The highest BCUT2D eigenvalue weighted by Crippen LogP contribution is 2.32. The van der Waals surface area contributed by atoms with Crippen LogP contribution in [-0.4, -0.2) is 95.6 Å². The molecule has 0 aromatic heterocycles. The van der Waals surface area contributed by atoms with Crippen LogP contribution in [0.2, 0.25) is 0 Å². The fraction of sp³-hybridized carbons (Fsp3) is 0.370. The Kier molecular flexibility index (Phi) is 8.52. The quantitative estimate of drug-likeness (QED) is 0.311. The molecule has 2 N–H and O–H groups in total. The number of rotatable bonds is 9. The molecule has 3 aliphatic heterocycles. The lowest BCUT2D eigenvalue weighted by Crippen LogP contribution is -2.51. The number of ether oxygens (including phenoxy) is 1. The first-order chi connectivity index (χ1) is 20.0. The number of hydrogen-bond donors (Lipinski definition) is 2. The first kappa shape index (κ1) is 29.5. The molecular weight excluding hydrogens is 589 g/mol. The number of thiocarbonyl (C=S) groups is 1. The normalized spacial score (nSPS) is 22.5. The zero-order chi connectivity index (χ0) is 30.0. The second-order valence-electron chi connectivity index (χ2n) is 10.3. The number of anilines is 3. The second kappa shape index (κ2) is 12.1. The fourth-order valence-electron chi connectivity index (χ4n) is 5.42. The van der Waals surface area contributed by atoms with Crippen LogP contribution in [0.15, 0.2) is 42.5 Å². The van der Waals surface area contributed by atoms with Gasteiger partial charge < -0.3 is 34.9 Å². The number of amides is 2. The molecule has 42 heavy (non-hydrogen) atoms. The third kappa shape index (κ3) is 6.42. The number of carbonyl (C=O) groups is 4. The molecular formula is C27H28FN5O7S2. The number of halogens is 1. The smallest absolute Gasteiger partial charge is 0.414 e. The molecule has 3 saturated heterocycles. The lowest BCUT2D eigenvalue weighted by atomic mass is 10.1. The Hall–Kier alpha value is -3.95. The predicted molar refractivity (Wildman–Crippen MR) is 155 cm³/mol. The summed E-state index contributed by atoms with van der Waals surface area (Å²) < 4.78 is 20.6. The van der Waals surface area contributed by atoms with Crippen molar-refractivity contribution in [1.29, 1.82) is 0 Å². The average Bonchev–Trinajstić information content (AvgIpc) is 3.44. The van der Waals surface area contributed by atoms with Crippen LogP contribution in [0.1, 0.15) is 5.56 Å². The number of nitrogens with zero attached hydrogens (tertiary/aromatic N) is 4. The topological polar surface area (TPSA) is 143 Å². The Bertz CT molecular complexity index is 1420. The summed E-state index contributed by atoms with van der Waals surface area (Å²) in [5.41, 5.74) is 2.59. The summed E-state index contributed by atoms with van der Waals surface area (Å²) in [5.74, 6) is -1.49. The maximum atomic E-state index is 15.2. The second-order valence-corrected chi connectivity index (χ2v) is 12.0. The molecule has 0 aliphatic carbocycles. The Balaban J connectivity index is 1.18. The summed E-state index contributed by atoms with van der Waals surface area (Å²) in [6.07, 6.45) is -2.85. The van der Waals surface area contributed by atoms with E-state index in [9.17, 15) is 29.4 Å². The highest BCUT2D eigenvalue weighted by molar-refractivity contribution is 8.32. The van der Waals surface area contributed by atoms with Gasteiger partial charge in [-0.05, 0) is 42.5 Å². The van der Waals surface area contributed by atoms with Crippen LogP contribution in [0, 0.1) is 5.82 Å². The number of nitrogens with one attached hydrogen (secondary N) is 1. The summed E-state index contributed by atoms with van der Waals surface area (Å²) in [6.45, 7) is 2.50. The van der Waals surface area contributed by atoms with E-state index in [4.69, 9.17) is 17.0 Å². The monoisotopic (exact) mass is 617 g/mol. The molecule has 3 aliphatic rings. The highest BCUT2D eigenvalue weighted by atomic mass is 32.2. The van der Waals surface area contributed by atoms with Crippen LogP contribution >= 0.6 is 24.0 Å². The number of carboxylic acid groups (broad SMARTS) is 2. The van der Waals surface area contributed by atoms with E-state index in [2.05, 4.69) is 10.2 Å². The number of thioether (sulfide) groups is 1. The van der Waals surface area contributed by atoms with E-state index in [1.54, 1.807) is 12.1 Å². The number of carboxylic acids is 1. The largest absolute Gasteiger partial charge is 0.530 e. The molecule has 2 amide bonds. The summed E-state index contributed by atoms with van der Waals surface area (Å²) >= 11 is 6.31. The molecule has 0 spiro atoms. The van der Waals surface area contributed by atoms with Crippen molar-refractivity contribution in [2.24, 2.45) is 0 Å². The molecule has 222 valence electrons. The van der Waals surface area contributed by atoms with Crippen molar-refractivity contribution in [3.05, 3.63) is 53.8 Å². The van der Waals surface area contributed by atoms with Crippen LogP contribution in [0.5, 0.6) is 0 Å². The zero-order valence-electron chi connectivity index (χ0n) is 22.4. The van der Waals surface area contributed by atoms with E-state index in [1.807, 2.05) is 29.2 Å². The molecule has 3 fully saturated rings. The Morgan fingerprint density at radius 2 is 1.76 bits per heavy atom. The number of quaternary nitrogens is 1. The average molecular weight is 618 g/mol. The predicted octanol–water partition coefficient (Wildman–Crippen LogP) is 1.37. The maximum absolute atomic E-state index is 15.2. The zero-order valence-corrected chi connectivity index (χ0v) is 24.0. The molecule has 2 aromatic rings. The van der Waals surface area contributed by atoms with Crippen molar-refractivity contribution < 1.29 is 43.0 Å². The van der Waals surface area contributed by atoms with Crippen LogP contribution in [-0.2, 0) is 20.9 Å². The summed E-state index contributed by atoms with van der Waals surface area (Å²) in [4.78, 5) is 51.6. The Labute approximate surface area is 250 Å². The minimum atomic E-state index is -1.47. The van der Waals surface area contributed by atoms with Crippen LogP contribution in [0.25, 0.3) is 0 Å². The van der Waals surface area contributed by atoms with Gasteiger partial charge in [-0.15, -0.1) is 0 Å². The molecule has 12 nitrogen and oxygen atoms in total. The van der Waals surface area contributed by atoms with Crippen molar-refractivity contribution in [3.63, 3.8) is 0 Å². The van der Waals surface area contributed by atoms with E-state index in [0.717, 1.165) is 23.0 Å². The number of carbonyl (C=O) groups excluding carboxylic acids is 3. The standard InChI is InChI=1S/C27H28FN5O7S2/c28-21-11-19(32-13-20(40-26(32)39)12-29-25(37)38)5-6-22(21)31-9-7-30(8-10-31)18-3-1-17(2-4-18)14-33(15-23(34)35)16-24(36)42-27(33)41/h1-6,11,20,29H,7-10,12-16H2,(H-,34,35,37,38). The molecule has 0 saturated carbocycles. The number of piperazine rings is 1. The lowest BCUT2D eigenvalue weighted by molar-refractivity contribution is -0.831. The SMILES string of the molecule is O=C(O)C[N+]1(Cc2ccc(N3CCN(c4ccc(N5CC(CNC(=O)[O-])OC5=O)cc4F)CC3)cc2)CC(=O)SC1=S. The van der Waals surface area contributed by atoms with Crippen molar-refractivity contribution in [1.82, 2.24) is 5.32 Å². The van der Waals surface area contributed by atoms with E-state index >= 15 is 4.39 Å². The first-order valence-electron chi connectivity index (χ1n) is 13.2. The summed E-state index contributed by atoms with van der Waals surface area (Å²) in [5, 5.41) is 21.9. The van der Waals surface area contributed by atoms with Gasteiger partial charge in [0, 0.05) is 49.2 Å². The summed E-state index contributed by atoms with van der Waals surface area (Å²) in [6, 6.07) is 12.3. The molecule has 15 heteroatoms. The number of cyclic esters (lactones) is 1. The third-order valence-corrected chi connectivity index (χ3v) is 9.01. The molecule has 5 rings (SSSR count). The van der Waals surface area contributed by atoms with Gasteiger partial charge in [0.15, 0.2) is 13.1 Å². The minimum Gasteiger partial charge on any atom is -0.530 e. The van der Waals surface area contributed by atoms with E-state index in [0.29, 0.717) is 48.4 Å². The van der Waals surface area contributed by atoms with Gasteiger partial charge in [-0.1, -0.05) is 12.1 Å². The third-order valence-electron chi connectivity index (χ3n) is 7.46. The van der Waals surface area contributed by atoms with Crippen LogP contribution < -0.4 is 25.1 Å². The number of aliphatic carboxylic acids is 1. The first-order valence-corrected chi connectivity index (χ1v) is 14.4. The minimum absolute atomic E-state index is 0.0574. The van der Waals surface area contributed by atoms with Gasteiger partial charge in [-0.2, -0.15) is 0 Å². The van der Waals surface area contributed by atoms with Crippen molar-refractivity contribution in [2.75, 3.05) is 67.1 Å². The molecule has 2 atom stereocenters. The van der Waals surface area contributed by atoms with Crippen LogP contribution in [0.4, 0.5) is 31.0 Å². The molecule has 3 heterocycles. The lowest BCUT2D eigenvalue weighted by Gasteiger charge is -2.37. The van der Waals surface area contributed by atoms with Crippen molar-refractivity contribution in [3.8, 4) is 0 Å². The van der Waals surface area contributed by atoms with Gasteiger partial charge in [0.1, 0.15) is 24.6 Å². The van der Waals surface area contributed by atoms with Crippen molar-refractivity contribution >= 4 is 68.6 Å². The molecule has 0 radical (unpaired) electrons. The maximum Gasteiger partial charge on any atom is 0.414 e. The van der Waals surface area contributed by atoms with Gasteiger partial charge in [-0.25, -0.2) is 14.0 Å². The molecule has 0 bridgehead atoms. The van der Waals surface area contributed by atoms with Gasteiger partial charge >= 0.3 is 12.1 Å². The fourth-order valence-corrected chi connectivity index (χ4v) is 6.78. The Morgan fingerprint density at radius 1 is 1.10 bits per heavy atom. The van der Waals surface area contributed by atoms with Gasteiger partial charge in [-0.3, -0.25) is 14.2 Å². The van der Waals surface area contributed by atoms with Crippen molar-refractivity contribution in [2.45, 2.75) is 12.6 Å². The number of benzene rings is 2. The van der Waals surface area contributed by atoms with Gasteiger partial charge in [0.05, 0.1) is 24.5 Å². The highest BCUT2D eigenvalue weighted by Gasteiger charge is 2.46. The van der Waals surface area contributed by atoms with Gasteiger partial charge in [0.25, 0.3) is 5.12 Å². The number of hydrogen-bond acceptors (Lipinski definition) is 10. The molecule has 2 unspecified atom stereocenters. The van der Waals surface area contributed by atoms with E-state index in [1.165, 1.54) is 11.0 Å². The van der Waals surface area contributed by atoms with Gasteiger partial charge in [0.2, 0.25) is 4.32 Å². The van der Waals surface area contributed by atoms with Crippen LogP contribution in [0.3, 0.4) is 0 Å². The molecule has 2 aromatic carbocycles. The summed E-state index contributed by atoms with van der Waals surface area (Å²) in [7, 11) is 0. The van der Waals surface area contributed by atoms with E-state index < -0.39 is 30.1 Å².